The van der Waals surface area contributed by atoms with Crippen LogP contribution in [0.2, 0.25) is 0 Å². The molecule has 114 valence electrons. The number of nitrogens with two attached hydrogens (primary N) is 1. The quantitative estimate of drug-likeness (QED) is 0.842. The van der Waals surface area contributed by atoms with Gasteiger partial charge < -0.3 is 5.73 Å². The Morgan fingerprint density at radius 3 is 2.62 bits per heavy atom. The first kappa shape index (κ1) is 15.9. The molecule has 2 rings (SSSR count). The van der Waals surface area contributed by atoms with Crippen LogP contribution >= 0.6 is 0 Å². The third kappa shape index (κ3) is 4.48. The minimum absolute atomic E-state index is 0.273. The van der Waals surface area contributed by atoms with E-state index in [0.717, 1.165) is 43.2 Å². The lowest BCUT2D eigenvalue weighted by molar-refractivity contribution is 0.486. The lowest BCUT2D eigenvalue weighted by atomic mass is 10.0. The zero-order valence-electron chi connectivity index (χ0n) is 12.4. The third-order valence-corrected chi connectivity index (χ3v) is 5.53. The van der Waals surface area contributed by atoms with Gasteiger partial charge in [-0.3, -0.25) is 4.72 Å². The van der Waals surface area contributed by atoms with Gasteiger partial charge in [-0.25, -0.2) is 8.42 Å². The zero-order valence-corrected chi connectivity index (χ0v) is 13.2. The van der Waals surface area contributed by atoms with Crippen LogP contribution in [0.25, 0.3) is 0 Å². The summed E-state index contributed by atoms with van der Waals surface area (Å²) in [5, 5.41) is -0.273. The zero-order chi connectivity index (χ0) is 15.3. The van der Waals surface area contributed by atoms with Gasteiger partial charge in [0.2, 0.25) is 10.0 Å². The van der Waals surface area contributed by atoms with E-state index in [-0.39, 0.29) is 11.8 Å². The molecule has 1 fully saturated rings. The molecule has 5 heteroatoms. The molecule has 1 aromatic carbocycles. The van der Waals surface area contributed by atoms with Crippen molar-refractivity contribution < 1.29 is 8.42 Å². The molecule has 0 amide bonds. The van der Waals surface area contributed by atoms with Gasteiger partial charge in [0.05, 0.1) is 11.8 Å². The number of aryl methyl sites for hydroxylation is 1. The summed E-state index contributed by atoms with van der Waals surface area (Å²) in [4.78, 5) is 0. The molecule has 0 aromatic heterocycles. The normalized spacial score (nSPS) is 16.1. The average Bonchev–Trinajstić information content (AvgIpc) is 2.45. The van der Waals surface area contributed by atoms with E-state index in [9.17, 15) is 8.42 Å². The number of rotatable bonds is 3. The maximum atomic E-state index is 12.4. The molecule has 21 heavy (non-hydrogen) atoms. The number of benzene rings is 1. The Kier molecular flexibility index (Phi) is 5.27. The lowest BCUT2D eigenvalue weighted by Gasteiger charge is -2.22. The second kappa shape index (κ2) is 6.97. The Morgan fingerprint density at radius 1 is 1.24 bits per heavy atom. The minimum Gasteiger partial charge on any atom is -0.320 e. The lowest BCUT2D eigenvalue weighted by Crippen LogP contribution is -2.29. The number of sulfonamides is 1. The first-order valence-electron chi connectivity index (χ1n) is 7.33. The molecule has 4 nitrogen and oxygen atoms in total. The van der Waals surface area contributed by atoms with E-state index in [1.165, 1.54) is 0 Å². The molecule has 0 heterocycles. The van der Waals surface area contributed by atoms with Crippen LogP contribution < -0.4 is 10.5 Å². The highest BCUT2D eigenvalue weighted by Gasteiger charge is 2.27. The second-order valence-electron chi connectivity index (χ2n) is 5.50. The van der Waals surface area contributed by atoms with Gasteiger partial charge >= 0.3 is 0 Å². The number of hydrogen-bond donors (Lipinski definition) is 2. The van der Waals surface area contributed by atoms with Crippen LogP contribution in [0.15, 0.2) is 18.2 Å². The van der Waals surface area contributed by atoms with Crippen molar-refractivity contribution in [3.63, 3.8) is 0 Å². The summed E-state index contributed by atoms with van der Waals surface area (Å²) in [5.41, 5.74) is 7.70. The van der Waals surface area contributed by atoms with Crippen molar-refractivity contribution >= 4 is 15.7 Å². The summed E-state index contributed by atoms with van der Waals surface area (Å²) in [7, 11) is -3.31. The van der Waals surface area contributed by atoms with E-state index in [4.69, 9.17) is 5.73 Å². The highest BCUT2D eigenvalue weighted by Crippen LogP contribution is 2.25. The fraction of sp³-hybridized carbons (Fsp3) is 0.500. The largest absolute Gasteiger partial charge is 0.320 e. The van der Waals surface area contributed by atoms with Crippen molar-refractivity contribution in [2.75, 3.05) is 11.3 Å². The summed E-state index contributed by atoms with van der Waals surface area (Å²) < 4.78 is 27.6. The minimum atomic E-state index is -3.31. The Balaban J connectivity index is 2.20. The smallest absolute Gasteiger partial charge is 0.235 e. The second-order valence-corrected chi connectivity index (χ2v) is 7.46. The number of anilines is 1. The van der Waals surface area contributed by atoms with Crippen molar-refractivity contribution in [1.29, 1.82) is 0 Å². The van der Waals surface area contributed by atoms with Crippen LogP contribution in [0, 0.1) is 18.8 Å². The topological polar surface area (TPSA) is 72.2 Å². The molecule has 1 aromatic rings. The maximum Gasteiger partial charge on any atom is 0.235 e. The van der Waals surface area contributed by atoms with Gasteiger partial charge in [-0.15, -0.1) is 0 Å². The molecule has 0 aliphatic heterocycles. The van der Waals surface area contributed by atoms with Gasteiger partial charge in [0.1, 0.15) is 0 Å². The van der Waals surface area contributed by atoms with Crippen LogP contribution in [0.5, 0.6) is 0 Å². The Bertz CT molecular complexity index is 651. The molecule has 1 saturated carbocycles. The van der Waals surface area contributed by atoms with Gasteiger partial charge in [-0.2, -0.15) is 0 Å². The summed E-state index contributed by atoms with van der Waals surface area (Å²) in [6.45, 7) is 2.21. The molecule has 0 bridgehead atoms. The molecule has 1 aliphatic rings. The third-order valence-electron chi connectivity index (χ3n) is 3.66. The molecular weight excluding hydrogens is 284 g/mol. The van der Waals surface area contributed by atoms with Crippen LogP contribution in [0.1, 0.15) is 43.2 Å². The fourth-order valence-corrected chi connectivity index (χ4v) is 4.26. The summed E-state index contributed by atoms with van der Waals surface area (Å²) in [6.07, 6.45) is 4.62. The van der Waals surface area contributed by atoms with Gasteiger partial charge in [-0.1, -0.05) is 31.1 Å². The first-order valence-corrected chi connectivity index (χ1v) is 8.88. The number of nitrogens with one attached hydrogen (secondary N) is 1. The van der Waals surface area contributed by atoms with E-state index in [1.807, 2.05) is 19.1 Å². The van der Waals surface area contributed by atoms with Crippen molar-refractivity contribution in [2.45, 2.75) is 44.3 Å². The predicted molar refractivity (Wildman–Crippen MR) is 86.5 cm³/mol. The van der Waals surface area contributed by atoms with E-state index in [0.29, 0.717) is 5.69 Å². The van der Waals surface area contributed by atoms with Crippen LogP contribution in [-0.4, -0.2) is 20.2 Å². The monoisotopic (exact) mass is 306 g/mol. The average molecular weight is 306 g/mol. The molecule has 1 aliphatic carbocycles. The van der Waals surface area contributed by atoms with E-state index >= 15 is 0 Å². The Morgan fingerprint density at radius 2 is 1.95 bits per heavy atom. The van der Waals surface area contributed by atoms with Gasteiger partial charge in [0.15, 0.2) is 0 Å². The van der Waals surface area contributed by atoms with E-state index in [2.05, 4.69) is 16.6 Å². The highest BCUT2D eigenvalue weighted by molar-refractivity contribution is 7.93. The standard InChI is InChI=1S/C16H22N2O2S/c1-13-10-14(6-5-9-17)12-15(11-13)18-21(19,20)16-7-3-2-4-8-16/h10-12,16,18H,2-4,7-9,17H2,1H3. The van der Waals surface area contributed by atoms with Gasteiger partial charge in [-0.05, 0) is 43.5 Å². The van der Waals surface area contributed by atoms with E-state index in [1.54, 1.807) is 6.07 Å². The predicted octanol–water partition coefficient (Wildman–Crippen LogP) is 2.38. The van der Waals surface area contributed by atoms with Gasteiger partial charge in [0, 0.05) is 11.3 Å². The molecule has 0 unspecified atom stereocenters. The first-order chi connectivity index (χ1) is 10.0. The highest BCUT2D eigenvalue weighted by atomic mass is 32.2. The Labute approximate surface area is 127 Å². The SMILES string of the molecule is Cc1cc(C#CCN)cc(NS(=O)(=O)C2CCCCC2)c1. The van der Waals surface area contributed by atoms with Crippen LogP contribution in [0.4, 0.5) is 5.69 Å². The summed E-state index contributed by atoms with van der Waals surface area (Å²) in [5.74, 6) is 5.73. The van der Waals surface area contributed by atoms with Crippen LogP contribution in [0.3, 0.4) is 0 Å². The molecule has 0 saturated heterocycles. The molecular formula is C16H22N2O2S. The summed E-state index contributed by atoms with van der Waals surface area (Å²) >= 11 is 0. The van der Waals surface area contributed by atoms with Crippen molar-refractivity contribution in [1.82, 2.24) is 0 Å². The van der Waals surface area contributed by atoms with Gasteiger partial charge in [0.25, 0.3) is 0 Å². The number of hydrogen-bond acceptors (Lipinski definition) is 3. The van der Waals surface area contributed by atoms with Crippen molar-refractivity contribution in [3.8, 4) is 11.8 Å². The fourth-order valence-electron chi connectivity index (χ4n) is 2.69. The molecule has 0 radical (unpaired) electrons. The van der Waals surface area contributed by atoms with Crippen molar-refractivity contribution in [2.24, 2.45) is 5.73 Å². The molecule has 0 atom stereocenters. The Hall–Kier alpha value is -1.51. The molecule has 3 N–H and O–H groups in total. The molecule has 0 spiro atoms. The maximum absolute atomic E-state index is 12.4. The summed E-state index contributed by atoms with van der Waals surface area (Å²) in [6, 6.07) is 5.51. The van der Waals surface area contributed by atoms with Crippen molar-refractivity contribution in [3.05, 3.63) is 29.3 Å². The van der Waals surface area contributed by atoms with E-state index < -0.39 is 10.0 Å². The van der Waals surface area contributed by atoms with Crippen LogP contribution in [-0.2, 0) is 10.0 Å².